The molecule has 1 amide bonds. The lowest BCUT2D eigenvalue weighted by atomic mass is 9.85. The first-order chi connectivity index (χ1) is 15.7. The molecule has 1 aliphatic rings. The Hall–Kier alpha value is -2.89. The van der Waals surface area contributed by atoms with Crippen molar-refractivity contribution >= 4 is 17.3 Å². The number of amides is 1. The summed E-state index contributed by atoms with van der Waals surface area (Å²) in [5.74, 6) is -0.328. The quantitative estimate of drug-likeness (QED) is 0.272. The molecule has 6 heteroatoms. The van der Waals surface area contributed by atoms with Crippen LogP contribution in [0.3, 0.4) is 0 Å². The van der Waals surface area contributed by atoms with E-state index in [4.69, 9.17) is 0 Å². The van der Waals surface area contributed by atoms with Crippen LogP contribution in [0.5, 0.6) is 0 Å². The number of benzene rings is 1. The van der Waals surface area contributed by atoms with E-state index in [1.54, 1.807) is 24.3 Å². The molecule has 1 heterocycles. The second kappa shape index (κ2) is 11.8. The number of hydrogen-bond acceptors (Lipinski definition) is 2. The minimum Gasteiger partial charge on any atom is -0.346 e. The van der Waals surface area contributed by atoms with Gasteiger partial charge in [0.2, 0.25) is 0 Å². The number of halogens is 3. The van der Waals surface area contributed by atoms with Crippen molar-refractivity contribution < 1.29 is 18.0 Å². The normalized spacial score (nSPS) is 16.4. The molecule has 0 spiro atoms. The molecule has 0 aromatic heterocycles. The standard InChI is InChI=1S/C27H33F3N2O/c1-5-9-11-14-20-19-23(25(33)32-26(8-4,17-7-3)18-10-6-2)31-24(20)21-15-12-13-16-22(21)27(28,29)30/h5-6,9,11-16H,2,7-8,10,17-19H2,1,3-4H3,(H,32,33)/b9-5-,14-11-. The molecule has 178 valence electrons. The fourth-order valence-electron chi connectivity index (χ4n) is 4.09. The fraction of sp³-hybridized carbons (Fsp3) is 0.407. The van der Waals surface area contributed by atoms with Gasteiger partial charge in [-0.05, 0) is 44.2 Å². The highest BCUT2D eigenvalue weighted by atomic mass is 19.4. The molecule has 3 nitrogen and oxygen atoms in total. The third-order valence-electron chi connectivity index (χ3n) is 5.87. The van der Waals surface area contributed by atoms with Crippen molar-refractivity contribution in [3.05, 3.63) is 77.9 Å². The zero-order chi connectivity index (χ0) is 24.5. The van der Waals surface area contributed by atoms with Gasteiger partial charge in [-0.1, -0.05) is 68.8 Å². The molecule has 1 unspecified atom stereocenters. The molecule has 1 aromatic rings. The Morgan fingerprint density at radius 2 is 1.91 bits per heavy atom. The van der Waals surface area contributed by atoms with Gasteiger partial charge < -0.3 is 5.32 Å². The van der Waals surface area contributed by atoms with Gasteiger partial charge in [-0.3, -0.25) is 4.79 Å². The number of carbonyl (C=O) groups excluding carboxylic acids is 1. The van der Waals surface area contributed by atoms with Gasteiger partial charge in [-0.2, -0.15) is 13.2 Å². The van der Waals surface area contributed by atoms with Crippen LogP contribution in [0.1, 0.15) is 70.4 Å². The molecule has 0 saturated carbocycles. The maximum Gasteiger partial charge on any atom is 0.417 e. The van der Waals surface area contributed by atoms with Gasteiger partial charge in [0.05, 0.1) is 11.3 Å². The average Bonchev–Trinajstić information content (AvgIpc) is 3.21. The Balaban J connectivity index is 2.46. The van der Waals surface area contributed by atoms with Gasteiger partial charge >= 0.3 is 6.18 Å². The van der Waals surface area contributed by atoms with E-state index in [9.17, 15) is 18.0 Å². The number of rotatable bonds is 11. The lowest BCUT2D eigenvalue weighted by Gasteiger charge is -2.34. The van der Waals surface area contributed by atoms with Crippen LogP contribution in [0, 0.1) is 0 Å². The first kappa shape index (κ1) is 26.4. The predicted octanol–water partition coefficient (Wildman–Crippen LogP) is 7.42. The molecule has 1 N–H and O–H groups in total. The molecular weight excluding hydrogens is 425 g/mol. The Morgan fingerprint density at radius 1 is 1.18 bits per heavy atom. The van der Waals surface area contributed by atoms with Crippen LogP contribution in [0.2, 0.25) is 0 Å². The minimum absolute atomic E-state index is 0.0186. The van der Waals surface area contributed by atoms with E-state index in [0.717, 1.165) is 38.2 Å². The average molecular weight is 459 g/mol. The molecule has 0 aliphatic carbocycles. The van der Waals surface area contributed by atoms with E-state index < -0.39 is 17.3 Å². The zero-order valence-electron chi connectivity index (χ0n) is 19.6. The maximum absolute atomic E-state index is 13.7. The van der Waals surface area contributed by atoms with Crippen molar-refractivity contribution in [3.63, 3.8) is 0 Å². The number of nitrogens with zero attached hydrogens (tertiary/aromatic N) is 1. The van der Waals surface area contributed by atoms with Gasteiger partial charge in [0.1, 0.15) is 5.71 Å². The highest BCUT2D eigenvalue weighted by molar-refractivity contribution is 6.41. The van der Waals surface area contributed by atoms with Crippen molar-refractivity contribution in [2.45, 2.75) is 71.0 Å². The second-order valence-electron chi connectivity index (χ2n) is 8.20. The molecule has 1 atom stereocenters. The highest BCUT2D eigenvalue weighted by Gasteiger charge is 2.36. The number of hydrogen-bond donors (Lipinski definition) is 1. The summed E-state index contributed by atoms with van der Waals surface area (Å²) in [7, 11) is 0. The summed E-state index contributed by atoms with van der Waals surface area (Å²) in [6.45, 7) is 9.73. The summed E-state index contributed by atoms with van der Waals surface area (Å²) < 4.78 is 41.0. The summed E-state index contributed by atoms with van der Waals surface area (Å²) in [5.41, 5.74) is -0.168. The van der Waals surface area contributed by atoms with Crippen LogP contribution in [0.15, 0.2) is 71.8 Å². The minimum atomic E-state index is -4.52. The molecule has 33 heavy (non-hydrogen) atoms. The Kier molecular flexibility index (Phi) is 9.44. The topological polar surface area (TPSA) is 41.5 Å². The summed E-state index contributed by atoms with van der Waals surface area (Å²) in [6.07, 6.45) is 8.55. The molecule has 0 bridgehead atoms. The van der Waals surface area contributed by atoms with Crippen LogP contribution in [0.25, 0.3) is 5.70 Å². The van der Waals surface area contributed by atoms with Gasteiger partial charge in [-0.15, -0.1) is 6.58 Å². The Bertz CT molecular complexity index is 970. The molecule has 1 aliphatic heterocycles. The van der Waals surface area contributed by atoms with Crippen molar-refractivity contribution in [3.8, 4) is 0 Å². The third kappa shape index (κ3) is 6.80. The van der Waals surface area contributed by atoms with E-state index in [1.165, 1.54) is 12.1 Å². The Morgan fingerprint density at radius 3 is 2.52 bits per heavy atom. The van der Waals surface area contributed by atoms with Crippen molar-refractivity contribution in [1.82, 2.24) is 5.32 Å². The van der Waals surface area contributed by atoms with Crippen LogP contribution < -0.4 is 5.32 Å². The van der Waals surface area contributed by atoms with E-state index >= 15 is 0 Å². The lowest BCUT2D eigenvalue weighted by molar-refractivity contribution is -0.137. The SMILES string of the molecule is C=CCCC(CC)(CCC)NC(=O)C1=NC(c2ccccc2C(F)(F)F)=C(/C=C\C=C/C)C1. The van der Waals surface area contributed by atoms with Crippen LogP contribution in [0.4, 0.5) is 13.2 Å². The third-order valence-corrected chi connectivity index (χ3v) is 5.87. The van der Waals surface area contributed by atoms with Gasteiger partial charge in [0.25, 0.3) is 5.91 Å². The molecule has 1 aromatic carbocycles. The predicted molar refractivity (Wildman–Crippen MR) is 130 cm³/mol. The molecular formula is C27H33F3N2O. The number of nitrogens with one attached hydrogen (secondary N) is 1. The van der Waals surface area contributed by atoms with Crippen LogP contribution >= 0.6 is 0 Å². The molecule has 0 saturated heterocycles. The van der Waals surface area contributed by atoms with Gasteiger partial charge in [0.15, 0.2) is 0 Å². The number of allylic oxidation sites excluding steroid dienone is 6. The Labute approximate surface area is 194 Å². The monoisotopic (exact) mass is 458 g/mol. The first-order valence-corrected chi connectivity index (χ1v) is 11.4. The zero-order valence-corrected chi connectivity index (χ0v) is 19.6. The first-order valence-electron chi connectivity index (χ1n) is 11.4. The van der Waals surface area contributed by atoms with E-state index in [1.807, 2.05) is 26.0 Å². The highest BCUT2D eigenvalue weighted by Crippen LogP contribution is 2.39. The lowest BCUT2D eigenvalue weighted by Crippen LogP contribution is -2.50. The van der Waals surface area contributed by atoms with E-state index in [2.05, 4.69) is 23.8 Å². The smallest absolute Gasteiger partial charge is 0.346 e. The van der Waals surface area contributed by atoms with Crippen molar-refractivity contribution in [2.75, 3.05) is 0 Å². The molecule has 0 radical (unpaired) electrons. The van der Waals surface area contributed by atoms with Crippen LogP contribution in [-0.4, -0.2) is 17.2 Å². The maximum atomic E-state index is 13.7. The number of alkyl halides is 3. The van der Waals surface area contributed by atoms with E-state index in [-0.39, 0.29) is 29.3 Å². The summed E-state index contributed by atoms with van der Waals surface area (Å²) in [6, 6.07) is 5.36. The van der Waals surface area contributed by atoms with E-state index in [0.29, 0.717) is 5.57 Å². The fourth-order valence-corrected chi connectivity index (χ4v) is 4.09. The largest absolute Gasteiger partial charge is 0.417 e. The van der Waals surface area contributed by atoms with Crippen LogP contribution in [-0.2, 0) is 11.0 Å². The second-order valence-corrected chi connectivity index (χ2v) is 8.20. The summed E-state index contributed by atoms with van der Waals surface area (Å²) in [4.78, 5) is 17.7. The van der Waals surface area contributed by atoms with Gasteiger partial charge in [-0.25, -0.2) is 4.99 Å². The summed E-state index contributed by atoms with van der Waals surface area (Å²) in [5, 5.41) is 3.16. The molecule has 0 fully saturated rings. The number of aliphatic imine (C=N–C) groups is 1. The van der Waals surface area contributed by atoms with Crippen molar-refractivity contribution in [1.29, 1.82) is 0 Å². The summed E-state index contributed by atoms with van der Waals surface area (Å²) >= 11 is 0. The number of carbonyl (C=O) groups is 1. The molecule has 2 rings (SSSR count). The van der Waals surface area contributed by atoms with Crippen molar-refractivity contribution in [2.24, 2.45) is 4.99 Å². The van der Waals surface area contributed by atoms with Gasteiger partial charge in [0, 0.05) is 17.5 Å².